The number of para-hydroxylation sites is 1. The van der Waals surface area contributed by atoms with Crippen molar-refractivity contribution >= 4 is 29.2 Å². The molecule has 1 aromatic heterocycles. The molecule has 1 aliphatic heterocycles. The van der Waals surface area contributed by atoms with Crippen molar-refractivity contribution in [3.05, 3.63) is 47.8 Å². The number of nitrogens with one attached hydrogen (secondary N) is 1. The molecule has 0 saturated carbocycles. The number of fused-ring (bicyclic) bond motifs is 1. The van der Waals surface area contributed by atoms with E-state index in [0.717, 1.165) is 5.56 Å². The topological polar surface area (TPSA) is 82.6 Å². The van der Waals surface area contributed by atoms with E-state index in [9.17, 15) is 9.59 Å². The highest BCUT2D eigenvalue weighted by Crippen LogP contribution is 2.37. The molecule has 2 heterocycles. The van der Waals surface area contributed by atoms with Gasteiger partial charge >= 0.3 is 5.97 Å². The summed E-state index contributed by atoms with van der Waals surface area (Å²) >= 11 is 0. The summed E-state index contributed by atoms with van der Waals surface area (Å²) in [4.78, 5) is 27.8. The predicted octanol–water partition coefficient (Wildman–Crippen LogP) is 2.74. The second kappa shape index (κ2) is 6.97. The standard InChI is InChI=1S/C19H16N2O4/c1-25-17-9-10-20-15(17)12-14-13-6-2-3-7-16(13)21(19(14)24)11-5-4-8-18(22)23/h2-3,6-7,9-10,12,20H,4,8H2,1H3,(H,22,23)/b14-12-. The number of ether oxygens (including phenoxy) is 1. The van der Waals surface area contributed by atoms with Crippen molar-refractivity contribution in [2.24, 2.45) is 0 Å². The Labute approximate surface area is 144 Å². The van der Waals surface area contributed by atoms with E-state index >= 15 is 0 Å². The maximum Gasteiger partial charge on any atom is 0.304 e. The molecule has 6 heteroatoms. The zero-order valence-electron chi connectivity index (χ0n) is 13.6. The Balaban J connectivity index is 1.97. The molecule has 6 nitrogen and oxygen atoms in total. The number of benzene rings is 1. The quantitative estimate of drug-likeness (QED) is 0.664. The fraction of sp³-hybridized carbons (Fsp3) is 0.158. The van der Waals surface area contributed by atoms with Gasteiger partial charge in [0.15, 0.2) is 0 Å². The van der Waals surface area contributed by atoms with Crippen LogP contribution in [0.4, 0.5) is 5.69 Å². The van der Waals surface area contributed by atoms with Crippen molar-refractivity contribution < 1.29 is 19.4 Å². The Bertz CT molecular complexity index is 915. The summed E-state index contributed by atoms with van der Waals surface area (Å²) in [5.74, 6) is 2.22. The molecule has 2 aromatic rings. The Kier molecular flexibility index (Phi) is 4.57. The number of H-pyrrole nitrogens is 1. The van der Waals surface area contributed by atoms with Crippen LogP contribution in [-0.4, -0.2) is 29.1 Å². The molecule has 0 bridgehead atoms. The summed E-state index contributed by atoms with van der Waals surface area (Å²) in [5, 5.41) is 8.68. The van der Waals surface area contributed by atoms with E-state index in [-0.39, 0.29) is 18.7 Å². The Morgan fingerprint density at radius 2 is 2.16 bits per heavy atom. The molecule has 126 valence electrons. The molecule has 2 N–H and O–H groups in total. The number of carbonyl (C=O) groups is 2. The summed E-state index contributed by atoms with van der Waals surface area (Å²) in [5.41, 5.74) is 2.66. The van der Waals surface area contributed by atoms with Crippen LogP contribution in [0.1, 0.15) is 24.1 Å². The highest BCUT2D eigenvalue weighted by atomic mass is 16.5. The number of carboxylic acid groups (broad SMARTS) is 1. The highest BCUT2D eigenvalue weighted by molar-refractivity contribution is 6.36. The van der Waals surface area contributed by atoms with Crippen LogP contribution in [0.2, 0.25) is 0 Å². The zero-order valence-corrected chi connectivity index (χ0v) is 13.6. The second-order valence-electron chi connectivity index (χ2n) is 5.36. The number of aromatic amines is 1. The third-order valence-electron chi connectivity index (χ3n) is 3.77. The monoisotopic (exact) mass is 336 g/mol. The molecular weight excluding hydrogens is 320 g/mol. The lowest BCUT2D eigenvalue weighted by atomic mass is 10.1. The molecule has 1 amide bonds. The Hall–Kier alpha value is -3.46. The minimum absolute atomic E-state index is 0.0565. The molecule has 3 rings (SSSR count). The molecule has 0 aliphatic carbocycles. The number of anilines is 1. The van der Waals surface area contributed by atoms with Crippen LogP contribution >= 0.6 is 0 Å². The predicted molar refractivity (Wildman–Crippen MR) is 93.8 cm³/mol. The second-order valence-corrected chi connectivity index (χ2v) is 5.36. The minimum atomic E-state index is -0.915. The minimum Gasteiger partial charge on any atom is -0.495 e. The maximum atomic E-state index is 12.8. The van der Waals surface area contributed by atoms with Gasteiger partial charge in [-0.15, -0.1) is 0 Å². The van der Waals surface area contributed by atoms with Crippen LogP contribution in [0.15, 0.2) is 36.5 Å². The average Bonchev–Trinajstić information content (AvgIpc) is 3.16. The van der Waals surface area contributed by atoms with E-state index in [0.29, 0.717) is 22.7 Å². The average molecular weight is 336 g/mol. The van der Waals surface area contributed by atoms with Crippen LogP contribution in [0, 0.1) is 12.0 Å². The largest absolute Gasteiger partial charge is 0.495 e. The normalized spacial score (nSPS) is 14.2. The number of aliphatic carboxylic acids is 1. The van der Waals surface area contributed by atoms with Gasteiger partial charge in [-0.2, -0.15) is 0 Å². The summed E-state index contributed by atoms with van der Waals surface area (Å²) in [6.07, 6.45) is 3.60. The van der Waals surface area contributed by atoms with Gasteiger partial charge in [0.05, 0.1) is 30.5 Å². The molecule has 0 unspecified atom stereocenters. The van der Waals surface area contributed by atoms with Gasteiger partial charge in [-0.05, 0) is 18.2 Å². The molecule has 0 spiro atoms. The Morgan fingerprint density at radius 3 is 2.92 bits per heavy atom. The van der Waals surface area contributed by atoms with Crippen molar-refractivity contribution in [1.29, 1.82) is 0 Å². The van der Waals surface area contributed by atoms with Crippen molar-refractivity contribution in [2.75, 3.05) is 12.0 Å². The van der Waals surface area contributed by atoms with Gasteiger partial charge in [0.25, 0.3) is 5.91 Å². The van der Waals surface area contributed by atoms with Crippen LogP contribution in [-0.2, 0) is 9.59 Å². The fourth-order valence-electron chi connectivity index (χ4n) is 2.60. The molecule has 0 fully saturated rings. The smallest absolute Gasteiger partial charge is 0.304 e. The maximum absolute atomic E-state index is 12.8. The SMILES string of the molecule is COc1cc[nH]c1/C=C1\C(=O)N(C#CCCC(=O)O)c2ccccc21. The summed E-state index contributed by atoms with van der Waals surface area (Å²) in [6.45, 7) is 0. The molecule has 0 radical (unpaired) electrons. The van der Waals surface area contributed by atoms with Crippen LogP contribution in [0.25, 0.3) is 11.6 Å². The summed E-state index contributed by atoms with van der Waals surface area (Å²) in [6, 6.07) is 11.9. The van der Waals surface area contributed by atoms with Crippen molar-refractivity contribution in [3.8, 4) is 17.7 Å². The van der Waals surface area contributed by atoms with Gasteiger partial charge in [-0.25, -0.2) is 4.90 Å². The first-order valence-electron chi connectivity index (χ1n) is 7.69. The molecule has 0 atom stereocenters. The van der Waals surface area contributed by atoms with E-state index in [1.54, 1.807) is 25.4 Å². The van der Waals surface area contributed by atoms with Crippen molar-refractivity contribution in [2.45, 2.75) is 12.8 Å². The molecular formula is C19H16N2O4. The number of carbonyl (C=O) groups excluding carboxylic acids is 1. The van der Waals surface area contributed by atoms with E-state index in [1.165, 1.54) is 4.90 Å². The van der Waals surface area contributed by atoms with E-state index in [1.807, 2.05) is 24.3 Å². The number of amides is 1. The number of methoxy groups -OCH3 is 1. The van der Waals surface area contributed by atoms with Gasteiger partial charge in [-0.3, -0.25) is 9.59 Å². The van der Waals surface area contributed by atoms with Crippen LogP contribution in [0.5, 0.6) is 5.75 Å². The van der Waals surface area contributed by atoms with Gasteiger partial charge in [0, 0.05) is 24.2 Å². The zero-order chi connectivity index (χ0) is 17.8. The first kappa shape index (κ1) is 16.4. The first-order chi connectivity index (χ1) is 12.1. The Morgan fingerprint density at radius 1 is 1.36 bits per heavy atom. The fourth-order valence-corrected chi connectivity index (χ4v) is 2.60. The lowest BCUT2D eigenvalue weighted by Gasteiger charge is -2.07. The van der Waals surface area contributed by atoms with E-state index in [2.05, 4.69) is 16.9 Å². The summed E-state index contributed by atoms with van der Waals surface area (Å²) < 4.78 is 5.26. The lowest BCUT2D eigenvalue weighted by molar-refractivity contribution is -0.136. The van der Waals surface area contributed by atoms with Crippen molar-refractivity contribution in [1.82, 2.24) is 4.98 Å². The third kappa shape index (κ3) is 3.26. The van der Waals surface area contributed by atoms with Gasteiger partial charge in [-0.1, -0.05) is 24.1 Å². The summed E-state index contributed by atoms with van der Waals surface area (Å²) in [7, 11) is 1.57. The molecule has 0 saturated heterocycles. The van der Waals surface area contributed by atoms with Crippen LogP contribution in [0.3, 0.4) is 0 Å². The number of aromatic nitrogens is 1. The van der Waals surface area contributed by atoms with Gasteiger partial charge in [0.1, 0.15) is 5.75 Å². The highest BCUT2D eigenvalue weighted by Gasteiger charge is 2.31. The molecule has 1 aromatic carbocycles. The first-order valence-corrected chi connectivity index (χ1v) is 7.69. The van der Waals surface area contributed by atoms with E-state index in [4.69, 9.17) is 9.84 Å². The lowest BCUT2D eigenvalue weighted by Crippen LogP contribution is -2.20. The van der Waals surface area contributed by atoms with Gasteiger partial charge in [0.2, 0.25) is 0 Å². The number of rotatable bonds is 4. The van der Waals surface area contributed by atoms with Crippen molar-refractivity contribution in [3.63, 3.8) is 0 Å². The van der Waals surface area contributed by atoms with Crippen LogP contribution < -0.4 is 9.64 Å². The number of hydrogen-bond donors (Lipinski definition) is 2. The third-order valence-corrected chi connectivity index (χ3v) is 3.77. The van der Waals surface area contributed by atoms with E-state index < -0.39 is 5.97 Å². The number of carboxylic acids is 1. The molecule has 25 heavy (non-hydrogen) atoms. The number of nitrogens with zero attached hydrogens (tertiary/aromatic N) is 1. The molecule has 1 aliphatic rings. The van der Waals surface area contributed by atoms with Gasteiger partial charge < -0.3 is 14.8 Å². The number of hydrogen-bond acceptors (Lipinski definition) is 3.